The molecule has 0 atom stereocenters. The summed E-state index contributed by atoms with van der Waals surface area (Å²) in [6, 6.07) is 13.9. The maximum absolute atomic E-state index is 12.7. The Morgan fingerprint density at radius 3 is 2.47 bits per heavy atom. The average molecular weight is 524 g/mol. The highest BCUT2D eigenvalue weighted by molar-refractivity contribution is 5.99. The van der Waals surface area contributed by atoms with E-state index in [1.165, 1.54) is 0 Å². The van der Waals surface area contributed by atoms with Crippen LogP contribution in [0.25, 0.3) is 33.4 Å². The fraction of sp³-hybridized carbons (Fsp3) is 0.259. The van der Waals surface area contributed by atoms with Crippen molar-refractivity contribution in [3.8, 4) is 22.5 Å². The Kier molecular flexibility index (Phi) is 6.75. The van der Waals surface area contributed by atoms with Crippen LogP contribution in [0, 0.1) is 0 Å². The lowest BCUT2D eigenvalue weighted by molar-refractivity contribution is -0.156. The standard InChI is InChI=1S/C25H23N5O2.C2HF3O/c31-24-18-14-22(29-20(18)6-8-27-24)16-5-7-26-21(12-16)15-3-4-19-17(11-15)13-23(28-19)25(32)30-9-1-2-10-30;3-2(4,5)1-6/h3-5,7,11-14,28-29H,1-2,6,8-10H2,(H,27,31);1H. The predicted molar refractivity (Wildman–Crippen MR) is 135 cm³/mol. The number of amides is 2. The number of nitrogens with one attached hydrogen (secondary N) is 3. The highest BCUT2D eigenvalue weighted by Gasteiger charge is 2.25. The van der Waals surface area contributed by atoms with Gasteiger partial charge in [0.1, 0.15) is 5.69 Å². The van der Waals surface area contributed by atoms with Crippen LogP contribution in [0.15, 0.2) is 48.7 Å². The molecule has 2 amide bonds. The number of aromatic nitrogens is 3. The third-order valence-corrected chi connectivity index (χ3v) is 6.55. The smallest absolute Gasteiger partial charge is 0.358 e. The summed E-state index contributed by atoms with van der Waals surface area (Å²) in [5.41, 5.74) is 6.99. The number of benzene rings is 1. The maximum Gasteiger partial charge on any atom is 0.446 e. The van der Waals surface area contributed by atoms with Gasteiger partial charge in [0.05, 0.1) is 11.3 Å². The first-order chi connectivity index (χ1) is 18.2. The van der Waals surface area contributed by atoms with Crippen molar-refractivity contribution in [1.29, 1.82) is 0 Å². The van der Waals surface area contributed by atoms with Gasteiger partial charge in [0, 0.05) is 65.7 Å². The molecule has 8 nitrogen and oxygen atoms in total. The van der Waals surface area contributed by atoms with Crippen molar-refractivity contribution in [3.05, 3.63) is 65.6 Å². The molecule has 196 valence electrons. The van der Waals surface area contributed by atoms with Gasteiger partial charge in [-0.2, -0.15) is 13.2 Å². The first-order valence-electron chi connectivity index (χ1n) is 12.1. The first kappa shape index (κ1) is 25.2. The second-order valence-corrected chi connectivity index (χ2v) is 9.15. The Balaban J connectivity index is 0.000000443. The Bertz CT molecular complexity index is 1520. The number of aromatic amines is 2. The number of alkyl halides is 3. The van der Waals surface area contributed by atoms with Crippen LogP contribution in [0.4, 0.5) is 13.2 Å². The van der Waals surface area contributed by atoms with Crippen molar-refractivity contribution >= 4 is 29.0 Å². The minimum absolute atomic E-state index is 0.0276. The van der Waals surface area contributed by atoms with E-state index in [9.17, 15) is 22.8 Å². The van der Waals surface area contributed by atoms with Crippen LogP contribution in [0.5, 0.6) is 0 Å². The van der Waals surface area contributed by atoms with E-state index in [4.69, 9.17) is 4.79 Å². The van der Waals surface area contributed by atoms with Crippen LogP contribution in [0.2, 0.25) is 0 Å². The van der Waals surface area contributed by atoms with E-state index in [0.29, 0.717) is 17.8 Å². The summed E-state index contributed by atoms with van der Waals surface area (Å²) in [5.74, 6) is 0.0420. The number of rotatable bonds is 3. The lowest BCUT2D eigenvalue weighted by atomic mass is 10.1. The maximum atomic E-state index is 12.7. The molecule has 5 heterocycles. The fourth-order valence-corrected chi connectivity index (χ4v) is 4.70. The Morgan fingerprint density at radius 2 is 1.76 bits per heavy atom. The van der Waals surface area contributed by atoms with Crippen LogP contribution in [-0.4, -0.2) is 63.8 Å². The SMILES string of the molecule is O=C1NCCc2[nH]c(-c3ccnc(-c4ccc5[nH]c(C(=O)N6CCCC6)cc5c4)c3)cc21.O=CC(F)(F)F. The number of nitrogens with zero attached hydrogens (tertiary/aromatic N) is 2. The van der Waals surface area contributed by atoms with Gasteiger partial charge in [0.2, 0.25) is 6.29 Å². The number of H-pyrrole nitrogens is 2. The van der Waals surface area contributed by atoms with Crippen molar-refractivity contribution in [3.63, 3.8) is 0 Å². The quantitative estimate of drug-likeness (QED) is 0.344. The average Bonchev–Trinajstić information content (AvgIpc) is 3.68. The topological polar surface area (TPSA) is 111 Å². The molecule has 3 aromatic heterocycles. The lowest BCUT2D eigenvalue weighted by Crippen LogP contribution is -2.31. The van der Waals surface area contributed by atoms with Crippen LogP contribution in [0.3, 0.4) is 0 Å². The number of hydrogen-bond acceptors (Lipinski definition) is 4. The normalized spacial score (nSPS) is 15.0. The van der Waals surface area contributed by atoms with Crippen LogP contribution >= 0.6 is 0 Å². The third kappa shape index (κ3) is 5.31. The van der Waals surface area contributed by atoms with Gasteiger partial charge in [-0.25, -0.2) is 0 Å². The summed E-state index contributed by atoms with van der Waals surface area (Å²) in [6.45, 7) is 2.33. The molecule has 1 aromatic carbocycles. The van der Waals surface area contributed by atoms with Crippen LogP contribution in [-0.2, 0) is 11.2 Å². The zero-order chi connectivity index (χ0) is 26.9. The van der Waals surface area contributed by atoms with Gasteiger partial charge < -0.3 is 20.2 Å². The van der Waals surface area contributed by atoms with E-state index in [0.717, 1.165) is 71.5 Å². The van der Waals surface area contributed by atoms with Crippen molar-refractivity contribution < 1.29 is 27.6 Å². The molecule has 2 aliphatic rings. The van der Waals surface area contributed by atoms with E-state index >= 15 is 0 Å². The molecular weight excluding hydrogens is 499 g/mol. The van der Waals surface area contributed by atoms with E-state index in [2.05, 4.69) is 26.3 Å². The minimum Gasteiger partial charge on any atom is -0.358 e. The minimum atomic E-state index is -4.64. The van der Waals surface area contributed by atoms with E-state index in [-0.39, 0.29) is 11.8 Å². The van der Waals surface area contributed by atoms with Crippen molar-refractivity contribution in [2.24, 2.45) is 0 Å². The molecule has 3 N–H and O–H groups in total. The molecule has 0 radical (unpaired) electrons. The Morgan fingerprint density at radius 1 is 1.00 bits per heavy atom. The number of pyridine rings is 1. The predicted octanol–water partition coefficient (Wildman–Crippen LogP) is 4.49. The number of carbonyl (C=O) groups excluding carboxylic acids is 3. The number of fused-ring (bicyclic) bond motifs is 2. The molecule has 38 heavy (non-hydrogen) atoms. The van der Waals surface area contributed by atoms with Gasteiger partial charge >= 0.3 is 6.18 Å². The van der Waals surface area contributed by atoms with Gasteiger partial charge in [-0.05, 0) is 49.2 Å². The molecule has 11 heteroatoms. The lowest BCUT2D eigenvalue weighted by Gasteiger charge is -2.13. The summed E-state index contributed by atoms with van der Waals surface area (Å²) in [4.78, 5) is 46.7. The van der Waals surface area contributed by atoms with Crippen LogP contribution < -0.4 is 5.32 Å². The summed E-state index contributed by atoms with van der Waals surface area (Å²) in [6.07, 6.45) is -0.956. The number of hydrogen-bond donors (Lipinski definition) is 3. The summed E-state index contributed by atoms with van der Waals surface area (Å²) in [7, 11) is 0. The number of carbonyl (C=O) groups is 3. The molecule has 0 bridgehead atoms. The highest BCUT2D eigenvalue weighted by atomic mass is 19.4. The third-order valence-electron chi connectivity index (χ3n) is 6.55. The monoisotopic (exact) mass is 523 g/mol. The molecule has 0 saturated carbocycles. The molecule has 0 spiro atoms. The van der Waals surface area contributed by atoms with Crippen molar-refractivity contribution in [2.75, 3.05) is 19.6 Å². The van der Waals surface area contributed by atoms with Crippen LogP contribution in [0.1, 0.15) is 39.4 Å². The molecule has 6 rings (SSSR count). The fourth-order valence-electron chi connectivity index (χ4n) is 4.70. The van der Waals surface area contributed by atoms with Gasteiger partial charge in [-0.1, -0.05) is 6.07 Å². The zero-order valence-corrected chi connectivity index (χ0v) is 20.2. The van der Waals surface area contributed by atoms with Crippen molar-refractivity contribution in [1.82, 2.24) is 25.2 Å². The molecule has 0 unspecified atom stereocenters. The largest absolute Gasteiger partial charge is 0.446 e. The molecule has 1 saturated heterocycles. The molecule has 4 aromatic rings. The van der Waals surface area contributed by atoms with Gasteiger partial charge in [-0.3, -0.25) is 19.4 Å². The molecule has 1 fully saturated rings. The Hall–Kier alpha value is -4.41. The number of halogens is 3. The molecular formula is C27H24F3N5O3. The van der Waals surface area contributed by atoms with Crippen molar-refractivity contribution in [2.45, 2.75) is 25.4 Å². The van der Waals surface area contributed by atoms with Gasteiger partial charge in [0.15, 0.2) is 0 Å². The van der Waals surface area contributed by atoms with E-state index in [1.807, 2.05) is 41.3 Å². The molecule has 0 aliphatic carbocycles. The number of aldehydes is 1. The zero-order valence-electron chi connectivity index (χ0n) is 20.2. The Labute approximate surface area is 215 Å². The van der Waals surface area contributed by atoms with E-state index < -0.39 is 12.5 Å². The number of likely N-dealkylation sites (tertiary alicyclic amines) is 1. The highest BCUT2D eigenvalue weighted by Crippen LogP contribution is 2.29. The summed E-state index contributed by atoms with van der Waals surface area (Å²) in [5, 5.41) is 3.87. The second-order valence-electron chi connectivity index (χ2n) is 9.15. The van der Waals surface area contributed by atoms with Gasteiger partial charge in [0.25, 0.3) is 11.8 Å². The molecule has 2 aliphatic heterocycles. The van der Waals surface area contributed by atoms with Gasteiger partial charge in [-0.15, -0.1) is 0 Å². The summed E-state index contributed by atoms with van der Waals surface area (Å²) < 4.78 is 31.2. The summed E-state index contributed by atoms with van der Waals surface area (Å²) >= 11 is 0. The first-order valence-corrected chi connectivity index (χ1v) is 12.1. The second kappa shape index (κ2) is 10.2. The van der Waals surface area contributed by atoms with E-state index in [1.54, 1.807) is 6.20 Å².